The Bertz CT molecular complexity index is 170. The molecule has 0 amide bonds. The molecule has 3 atom stereocenters. The van der Waals surface area contributed by atoms with Gasteiger partial charge in [0, 0.05) is 6.42 Å². The molecule has 4 heteroatoms. The van der Waals surface area contributed by atoms with Crippen molar-refractivity contribution >= 4 is 0 Å². The van der Waals surface area contributed by atoms with Gasteiger partial charge in [0.05, 0.1) is 31.2 Å². The lowest BCUT2D eigenvalue weighted by molar-refractivity contribution is 0.0238. The number of unbranched alkanes of at least 4 members (excludes halogenated alkanes) is 1. The third-order valence-corrected chi connectivity index (χ3v) is 2.53. The van der Waals surface area contributed by atoms with Gasteiger partial charge < -0.3 is 20.1 Å². The third kappa shape index (κ3) is 8.71. The van der Waals surface area contributed by atoms with Gasteiger partial charge in [-0.2, -0.15) is 0 Å². The van der Waals surface area contributed by atoms with Gasteiger partial charge in [0.25, 0.3) is 0 Å². The molecule has 0 aromatic heterocycles. The van der Waals surface area contributed by atoms with Crippen LogP contribution >= 0.6 is 0 Å². The first-order valence-corrected chi connectivity index (χ1v) is 5.84. The van der Waals surface area contributed by atoms with Crippen molar-refractivity contribution in [2.24, 2.45) is 0 Å². The summed E-state index contributed by atoms with van der Waals surface area (Å²) in [5.41, 5.74) is 0. The first kappa shape index (κ1) is 15.4. The van der Waals surface area contributed by atoms with Crippen molar-refractivity contribution in [3.8, 4) is 0 Å². The number of rotatable bonds is 10. The van der Waals surface area contributed by atoms with Gasteiger partial charge in [0.2, 0.25) is 0 Å². The van der Waals surface area contributed by atoms with Crippen molar-refractivity contribution in [1.82, 2.24) is 0 Å². The molecule has 0 aliphatic rings. The van der Waals surface area contributed by atoms with Crippen LogP contribution < -0.4 is 0 Å². The summed E-state index contributed by atoms with van der Waals surface area (Å²) in [7, 11) is 0. The van der Waals surface area contributed by atoms with Gasteiger partial charge >= 0.3 is 0 Å². The number of hydrogen-bond donors (Lipinski definition) is 3. The predicted molar refractivity (Wildman–Crippen MR) is 62.9 cm³/mol. The highest BCUT2D eigenvalue weighted by molar-refractivity contribution is 4.63. The summed E-state index contributed by atoms with van der Waals surface area (Å²) in [4.78, 5) is 0. The second kappa shape index (κ2) is 9.63. The molecule has 0 saturated heterocycles. The van der Waals surface area contributed by atoms with E-state index >= 15 is 0 Å². The van der Waals surface area contributed by atoms with Crippen LogP contribution in [0.15, 0.2) is 12.8 Å². The van der Waals surface area contributed by atoms with Gasteiger partial charge in [-0.05, 0) is 19.8 Å². The van der Waals surface area contributed by atoms with Crippen LogP contribution in [0.4, 0.5) is 0 Å². The van der Waals surface area contributed by atoms with E-state index in [0.29, 0.717) is 25.9 Å². The standard InChI is InChI=1S/C12H24O4/c1-3-16-9-8-11(14)6-4-5-7-12(15)10(2)13/h3,10-15H,1,4-9H2,2H3. The maximum Gasteiger partial charge on any atom is 0.0897 e. The third-order valence-electron chi connectivity index (χ3n) is 2.53. The van der Waals surface area contributed by atoms with E-state index in [1.807, 2.05) is 0 Å². The molecule has 0 aliphatic heterocycles. The van der Waals surface area contributed by atoms with E-state index in [1.54, 1.807) is 6.92 Å². The van der Waals surface area contributed by atoms with Gasteiger partial charge in [-0.15, -0.1) is 0 Å². The molecule has 0 rings (SSSR count). The summed E-state index contributed by atoms with van der Waals surface area (Å²) >= 11 is 0. The minimum atomic E-state index is -0.675. The van der Waals surface area contributed by atoms with Crippen molar-refractivity contribution in [2.45, 2.75) is 57.3 Å². The highest BCUT2D eigenvalue weighted by Gasteiger charge is 2.10. The Kier molecular flexibility index (Phi) is 9.28. The van der Waals surface area contributed by atoms with Crippen LogP contribution in [0, 0.1) is 0 Å². The first-order valence-electron chi connectivity index (χ1n) is 5.84. The van der Waals surface area contributed by atoms with Crippen LogP contribution in [0.25, 0.3) is 0 Å². The first-order chi connectivity index (χ1) is 7.57. The highest BCUT2D eigenvalue weighted by atomic mass is 16.5. The Morgan fingerprint density at radius 1 is 1.12 bits per heavy atom. The molecule has 0 saturated carbocycles. The molecule has 4 nitrogen and oxygen atoms in total. The molecule has 0 aromatic carbocycles. The second-order valence-electron chi connectivity index (χ2n) is 4.07. The van der Waals surface area contributed by atoms with Crippen LogP contribution in [0.2, 0.25) is 0 Å². The van der Waals surface area contributed by atoms with Gasteiger partial charge in [-0.1, -0.05) is 19.4 Å². The van der Waals surface area contributed by atoms with Crippen LogP contribution in [-0.4, -0.2) is 40.2 Å². The lowest BCUT2D eigenvalue weighted by Gasteiger charge is -2.14. The average molecular weight is 232 g/mol. The Balaban J connectivity index is 3.33. The van der Waals surface area contributed by atoms with Crippen molar-refractivity contribution in [3.05, 3.63) is 12.8 Å². The molecule has 0 aliphatic carbocycles. The summed E-state index contributed by atoms with van der Waals surface area (Å²) in [5.74, 6) is 0. The van der Waals surface area contributed by atoms with E-state index in [-0.39, 0.29) is 6.10 Å². The predicted octanol–water partition coefficient (Wildman–Crippen LogP) is 1.20. The van der Waals surface area contributed by atoms with Crippen molar-refractivity contribution < 1.29 is 20.1 Å². The largest absolute Gasteiger partial charge is 0.502 e. The quantitative estimate of drug-likeness (QED) is 0.391. The molecule has 3 unspecified atom stereocenters. The van der Waals surface area contributed by atoms with Crippen molar-refractivity contribution in [3.63, 3.8) is 0 Å². The molecule has 16 heavy (non-hydrogen) atoms. The molecule has 3 N–H and O–H groups in total. The summed E-state index contributed by atoms with van der Waals surface area (Å²) in [6.45, 7) is 5.48. The maximum absolute atomic E-state index is 9.52. The summed E-state index contributed by atoms with van der Waals surface area (Å²) in [6.07, 6.45) is 3.22. The Hall–Kier alpha value is -0.580. The van der Waals surface area contributed by atoms with Crippen LogP contribution in [0.1, 0.15) is 39.0 Å². The average Bonchev–Trinajstić information content (AvgIpc) is 2.24. The molecular formula is C12H24O4. The van der Waals surface area contributed by atoms with E-state index in [4.69, 9.17) is 9.84 Å². The van der Waals surface area contributed by atoms with Crippen molar-refractivity contribution in [2.75, 3.05) is 6.61 Å². The van der Waals surface area contributed by atoms with E-state index in [1.165, 1.54) is 6.26 Å². The number of ether oxygens (including phenoxy) is 1. The molecule has 0 bridgehead atoms. The summed E-state index contributed by atoms with van der Waals surface area (Å²) < 4.78 is 4.91. The van der Waals surface area contributed by atoms with Gasteiger partial charge in [0.1, 0.15) is 0 Å². The van der Waals surface area contributed by atoms with Crippen molar-refractivity contribution in [1.29, 1.82) is 0 Å². The van der Waals surface area contributed by atoms with E-state index in [9.17, 15) is 10.2 Å². The highest BCUT2D eigenvalue weighted by Crippen LogP contribution is 2.10. The second-order valence-corrected chi connectivity index (χ2v) is 4.07. The number of hydrogen-bond acceptors (Lipinski definition) is 4. The van der Waals surface area contributed by atoms with Crippen LogP contribution in [0.3, 0.4) is 0 Å². The molecular weight excluding hydrogens is 208 g/mol. The molecule has 0 fully saturated rings. The van der Waals surface area contributed by atoms with Gasteiger partial charge in [-0.3, -0.25) is 0 Å². The normalized spacial score (nSPS) is 16.5. The zero-order chi connectivity index (χ0) is 12.4. The fraction of sp³-hybridized carbons (Fsp3) is 0.833. The molecule has 0 heterocycles. The topological polar surface area (TPSA) is 69.9 Å². The van der Waals surface area contributed by atoms with E-state index < -0.39 is 12.2 Å². The number of aliphatic hydroxyl groups is 3. The fourth-order valence-electron chi connectivity index (χ4n) is 1.41. The maximum atomic E-state index is 9.52. The minimum absolute atomic E-state index is 0.358. The minimum Gasteiger partial charge on any atom is -0.502 e. The monoisotopic (exact) mass is 232 g/mol. The molecule has 0 spiro atoms. The van der Waals surface area contributed by atoms with Crippen LogP contribution in [-0.2, 0) is 4.74 Å². The zero-order valence-corrected chi connectivity index (χ0v) is 10.0. The van der Waals surface area contributed by atoms with Gasteiger partial charge in [0.15, 0.2) is 0 Å². The lowest BCUT2D eigenvalue weighted by atomic mass is 10.0. The van der Waals surface area contributed by atoms with Gasteiger partial charge in [-0.25, -0.2) is 0 Å². The summed E-state index contributed by atoms with van der Waals surface area (Å²) in [5, 5.41) is 27.9. The number of aliphatic hydroxyl groups excluding tert-OH is 3. The smallest absolute Gasteiger partial charge is 0.0897 e. The van der Waals surface area contributed by atoms with Crippen LogP contribution in [0.5, 0.6) is 0 Å². The molecule has 0 aromatic rings. The Morgan fingerprint density at radius 3 is 2.31 bits per heavy atom. The lowest BCUT2D eigenvalue weighted by Crippen LogP contribution is -2.22. The zero-order valence-electron chi connectivity index (χ0n) is 10.0. The summed E-state index contributed by atoms with van der Waals surface area (Å²) in [6, 6.07) is 0. The van der Waals surface area contributed by atoms with E-state index in [2.05, 4.69) is 6.58 Å². The Morgan fingerprint density at radius 2 is 1.75 bits per heavy atom. The van der Waals surface area contributed by atoms with E-state index in [0.717, 1.165) is 12.8 Å². The fourth-order valence-corrected chi connectivity index (χ4v) is 1.41. The molecule has 96 valence electrons. The SMILES string of the molecule is C=COCCC(O)CCCCC(O)C(C)O. The Labute approximate surface area is 97.6 Å². The molecule has 0 radical (unpaired) electrons.